The van der Waals surface area contributed by atoms with E-state index in [-0.39, 0.29) is 11.7 Å². The predicted octanol–water partition coefficient (Wildman–Crippen LogP) is 5.29. The van der Waals surface area contributed by atoms with E-state index in [2.05, 4.69) is 35.5 Å². The fourth-order valence-corrected chi connectivity index (χ4v) is 4.88. The van der Waals surface area contributed by atoms with Crippen LogP contribution in [0, 0.1) is 11.7 Å². The largest absolute Gasteiger partial charge is 0.374 e. The fraction of sp³-hybridized carbons (Fsp3) is 0.179. The number of hydrogen-bond donors (Lipinski definition) is 4. The van der Waals surface area contributed by atoms with Crippen molar-refractivity contribution < 1.29 is 9.50 Å². The van der Waals surface area contributed by atoms with Crippen LogP contribution in [-0.2, 0) is 0 Å². The highest BCUT2D eigenvalue weighted by molar-refractivity contribution is 5.96. The minimum absolute atomic E-state index is 0.281. The summed E-state index contributed by atoms with van der Waals surface area (Å²) in [4.78, 5) is 21.2. The molecule has 5 heterocycles. The van der Waals surface area contributed by atoms with E-state index in [0.717, 1.165) is 41.5 Å². The minimum Gasteiger partial charge on any atom is -0.374 e. The number of halogens is 1. The SMILES string of the molecule is OC(Nc1cncc(-c2cnc3[nH]nc(-c4nc5c(-c6ccccc6F)cncc5[nH]4)c3c2)c1)C1CCC1. The maximum atomic E-state index is 14.5. The number of fused-ring (bicyclic) bond motifs is 2. The van der Waals surface area contributed by atoms with E-state index in [4.69, 9.17) is 4.98 Å². The van der Waals surface area contributed by atoms with Crippen LogP contribution in [-0.4, -0.2) is 46.5 Å². The summed E-state index contributed by atoms with van der Waals surface area (Å²) >= 11 is 0. The summed E-state index contributed by atoms with van der Waals surface area (Å²) < 4.78 is 14.5. The normalized spacial score (nSPS) is 14.6. The van der Waals surface area contributed by atoms with Crippen molar-refractivity contribution in [2.24, 2.45) is 5.92 Å². The number of hydrogen-bond acceptors (Lipinski definition) is 7. The third kappa shape index (κ3) is 3.86. The third-order valence-corrected chi connectivity index (χ3v) is 7.18. The Morgan fingerprint density at radius 1 is 0.974 bits per heavy atom. The highest BCUT2D eigenvalue weighted by Crippen LogP contribution is 2.34. The molecular formula is C28H23FN8O. The van der Waals surface area contributed by atoms with Crippen molar-refractivity contribution in [3.63, 3.8) is 0 Å². The van der Waals surface area contributed by atoms with Gasteiger partial charge in [0.15, 0.2) is 11.5 Å². The molecule has 4 N–H and O–H groups in total. The number of aliphatic hydroxyl groups excluding tert-OH is 1. The molecule has 38 heavy (non-hydrogen) atoms. The highest BCUT2D eigenvalue weighted by Gasteiger charge is 2.25. The molecule has 0 amide bonds. The first-order valence-electron chi connectivity index (χ1n) is 12.5. The molecule has 0 spiro atoms. The van der Waals surface area contributed by atoms with Crippen molar-refractivity contribution in [2.75, 3.05) is 5.32 Å². The number of aliphatic hydroxyl groups is 1. The Bertz CT molecular complexity index is 1790. The van der Waals surface area contributed by atoms with E-state index < -0.39 is 6.23 Å². The third-order valence-electron chi connectivity index (χ3n) is 7.18. The molecule has 7 rings (SSSR count). The van der Waals surface area contributed by atoms with E-state index in [9.17, 15) is 9.50 Å². The molecule has 1 unspecified atom stereocenters. The number of pyridine rings is 3. The number of nitrogens with zero attached hydrogens (tertiary/aromatic N) is 5. The lowest BCUT2D eigenvalue weighted by molar-refractivity contribution is 0.0851. The zero-order valence-corrected chi connectivity index (χ0v) is 20.2. The Morgan fingerprint density at radius 3 is 2.66 bits per heavy atom. The molecule has 1 atom stereocenters. The zero-order chi connectivity index (χ0) is 25.6. The molecule has 1 saturated carbocycles. The lowest BCUT2D eigenvalue weighted by Crippen LogP contribution is -2.33. The molecule has 1 fully saturated rings. The smallest absolute Gasteiger partial charge is 0.159 e. The molecule has 0 bridgehead atoms. The Kier molecular flexibility index (Phi) is 5.33. The Hall–Kier alpha value is -4.70. The molecule has 0 aliphatic heterocycles. The van der Waals surface area contributed by atoms with Crippen molar-refractivity contribution in [3.8, 4) is 33.8 Å². The van der Waals surface area contributed by atoms with Crippen LogP contribution in [0.3, 0.4) is 0 Å². The van der Waals surface area contributed by atoms with Crippen molar-refractivity contribution in [1.82, 2.24) is 35.1 Å². The van der Waals surface area contributed by atoms with Gasteiger partial charge in [-0.1, -0.05) is 24.6 Å². The number of benzene rings is 1. The second kappa shape index (κ2) is 9.00. The van der Waals surface area contributed by atoms with Gasteiger partial charge in [-0.3, -0.25) is 15.1 Å². The zero-order valence-electron chi connectivity index (χ0n) is 20.2. The monoisotopic (exact) mass is 506 g/mol. The number of nitrogens with one attached hydrogen (secondary N) is 3. The number of imidazole rings is 1. The van der Waals surface area contributed by atoms with Gasteiger partial charge in [0.2, 0.25) is 0 Å². The predicted molar refractivity (Wildman–Crippen MR) is 142 cm³/mol. The van der Waals surface area contributed by atoms with Crippen LogP contribution in [0.5, 0.6) is 0 Å². The van der Waals surface area contributed by atoms with Crippen molar-refractivity contribution >= 4 is 27.8 Å². The van der Waals surface area contributed by atoms with Gasteiger partial charge in [-0.25, -0.2) is 14.4 Å². The summed E-state index contributed by atoms with van der Waals surface area (Å²) in [7, 11) is 0. The maximum absolute atomic E-state index is 14.5. The lowest BCUT2D eigenvalue weighted by Gasteiger charge is -2.31. The summed E-state index contributed by atoms with van der Waals surface area (Å²) in [5.41, 5.74) is 5.96. The van der Waals surface area contributed by atoms with Gasteiger partial charge in [0.05, 0.1) is 29.0 Å². The molecule has 0 saturated heterocycles. The van der Waals surface area contributed by atoms with E-state index in [1.165, 1.54) is 6.07 Å². The quantitative estimate of drug-likeness (QED) is 0.226. The molecule has 5 aromatic heterocycles. The van der Waals surface area contributed by atoms with Crippen molar-refractivity contribution in [1.29, 1.82) is 0 Å². The first kappa shape index (κ1) is 22.5. The van der Waals surface area contributed by atoms with Crippen LogP contribution in [0.25, 0.3) is 55.8 Å². The average molecular weight is 507 g/mol. The van der Waals surface area contributed by atoms with E-state index >= 15 is 0 Å². The van der Waals surface area contributed by atoms with Crippen molar-refractivity contribution in [2.45, 2.75) is 25.5 Å². The molecule has 0 radical (unpaired) electrons. The number of anilines is 1. The summed E-state index contributed by atoms with van der Waals surface area (Å²) in [5.74, 6) is 0.465. The number of H-pyrrole nitrogens is 2. The minimum atomic E-state index is -0.585. The second-order valence-corrected chi connectivity index (χ2v) is 9.58. The summed E-state index contributed by atoms with van der Waals surface area (Å²) in [6.07, 6.45) is 11.1. The first-order chi connectivity index (χ1) is 18.6. The topological polar surface area (TPSA) is 128 Å². The molecule has 10 heteroatoms. The molecule has 1 aliphatic carbocycles. The Labute approximate surface area is 216 Å². The standard InChI is InChI=1S/C28H23FN8O/c29-22-7-2-1-6-19(22)21-13-31-14-23-24(21)35-27(34-23)25-20-9-17(11-32-26(20)37-36-25)16-8-18(12-30-10-16)33-28(38)15-4-3-5-15/h1-2,6-15,28,33,38H,3-5H2,(H,34,35)(H,32,36,37). The number of aromatic nitrogens is 7. The van der Waals surface area contributed by atoms with E-state index in [1.54, 1.807) is 49.2 Å². The van der Waals surface area contributed by atoms with Gasteiger partial charge in [-0.2, -0.15) is 5.10 Å². The van der Waals surface area contributed by atoms with Gasteiger partial charge in [-0.05, 0) is 31.0 Å². The van der Waals surface area contributed by atoms with Gasteiger partial charge < -0.3 is 15.4 Å². The Balaban J connectivity index is 1.26. The molecule has 1 aliphatic rings. The average Bonchev–Trinajstić information content (AvgIpc) is 3.52. The molecule has 6 aromatic rings. The number of rotatable bonds is 6. The Morgan fingerprint density at radius 2 is 1.82 bits per heavy atom. The first-order valence-corrected chi connectivity index (χ1v) is 12.5. The summed E-state index contributed by atoms with van der Waals surface area (Å²) in [5, 5.41) is 21.8. The molecule has 9 nitrogen and oxygen atoms in total. The van der Waals surface area contributed by atoms with Gasteiger partial charge >= 0.3 is 0 Å². The fourth-order valence-electron chi connectivity index (χ4n) is 4.88. The highest BCUT2D eigenvalue weighted by atomic mass is 19.1. The van der Waals surface area contributed by atoms with Gasteiger partial charge in [-0.15, -0.1) is 0 Å². The van der Waals surface area contributed by atoms with Crippen LogP contribution >= 0.6 is 0 Å². The molecule has 188 valence electrons. The number of aromatic amines is 2. The van der Waals surface area contributed by atoms with Crippen molar-refractivity contribution in [3.05, 3.63) is 73.2 Å². The summed E-state index contributed by atoms with van der Waals surface area (Å²) in [6, 6.07) is 10.5. The van der Waals surface area contributed by atoms with Crippen LogP contribution in [0.1, 0.15) is 19.3 Å². The van der Waals surface area contributed by atoms with Crippen LogP contribution in [0.2, 0.25) is 0 Å². The van der Waals surface area contributed by atoms with E-state index in [0.29, 0.717) is 39.3 Å². The maximum Gasteiger partial charge on any atom is 0.159 e. The van der Waals surface area contributed by atoms with E-state index in [1.807, 2.05) is 12.1 Å². The van der Waals surface area contributed by atoms with Gasteiger partial charge in [0.1, 0.15) is 23.3 Å². The summed E-state index contributed by atoms with van der Waals surface area (Å²) in [6.45, 7) is 0. The van der Waals surface area contributed by atoms with Gasteiger partial charge in [0.25, 0.3) is 0 Å². The van der Waals surface area contributed by atoms with Gasteiger partial charge in [0, 0.05) is 46.8 Å². The second-order valence-electron chi connectivity index (χ2n) is 9.58. The van der Waals surface area contributed by atoms with Crippen LogP contribution in [0.4, 0.5) is 10.1 Å². The van der Waals surface area contributed by atoms with Crippen LogP contribution in [0.15, 0.2) is 67.4 Å². The lowest BCUT2D eigenvalue weighted by atomic mass is 9.84. The molecule has 1 aromatic carbocycles. The van der Waals surface area contributed by atoms with Crippen LogP contribution < -0.4 is 5.32 Å². The molecular weight excluding hydrogens is 483 g/mol.